The van der Waals surface area contributed by atoms with Crippen molar-refractivity contribution >= 4 is 52.5 Å². The van der Waals surface area contributed by atoms with E-state index in [4.69, 9.17) is 17.3 Å². The van der Waals surface area contributed by atoms with Gasteiger partial charge in [0.2, 0.25) is 0 Å². The summed E-state index contributed by atoms with van der Waals surface area (Å²) in [5, 5.41) is 3.69. The van der Waals surface area contributed by atoms with Crippen molar-refractivity contribution in [3.63, 3.8) is 0 Å². The molecular formula is C13H17Cl2IN2O. The minimum atomic E-state index is -0.216. The molecule has 0 atom stereocenters. The number of hydrogen-bond acceptors (Lipinski definition) is 2. The summed E-state index contributed by atoms with van der Waals surface area (Å²) in [6, 6.07) is 5.35. The van der Waals surface area contributed by atoms with E-state index >= 15 is 0 Å². The standard InChI is InChI=1S/C13H16ClIN2O.ClH/c14-10-7-9(3-4-11(10)15)12(18)17-13(8-16)5-1-2-6-13;/h3-4,7H,1-2,5-6,8,16H2,(H,17,18);1H. The molecule has 19 heavy (non-hydrogen) atoms. The maximum Gasteiger partial charge on any atom is 0.251 e. The quantitative estimate of drug-likeness (QED) is 0.745. The van der Waals surface area contributed by atoms with E-state index in [1.807, 2.05) is 6.07 Å². The highest BCUT2D eigenvalue weighted by molar-refractivity contribution is 14.1. The van der Waals surface area contributed by atoms with Gasteiger partial charge in [0.25, 0.3) is 5.91 Å². The molecule has 0 unspecified atom stereocenters. The molecule has 0 radical (unpaired) electrons. The van der Waals surface area contributed by atoms with Crippen LogP contribution in [0, 0.1) is 3.57 Å². The van der Waals surface area contributed by atoms with Gasteiger partial charge >= 0.3 is 0 Å². The molecule has 1 aliphatic rings. The maximum atomic E-state index is 12.2. The van der Waals surface area contributed by atoms with Crippen LogP contribution in [0.15, 0.2) is 18.2 Å². The fraction of sp³-hybridized carbons (Fsp3) is 0.462. The summed E-state index contributed by atoms with van der Waals surface area (Å²) in [6.07, 6.45) is 4.19. The van der Waals surface area contributed by atoms with E-state index in [9.17, 15) is 4.79 Å². The van der Waals surface area contributed by atoms with Crippen LogP contribution in [0.25, 0.3) is 0 Å². The van der Waals surface area contributed by atoms with E-state index in [0.717, 1.165) is 29.3 Å². The van der Waals surface area contributed by atoms with Crippen LogP contribution < -0.4 is 11.1 Å². The predicted octanol–water partition coefficient (Wildman–Crippen LogP) is 3.37. The summed E-state index contributed by atoms with van der Waals surface area (Å²) in [4.78, 5) is 12.2. The van der Waals surface area contributed by atoms with Gasteiger partial charge in [-0.25, -0.2) is 0 Å². The summed E-state index contributed by atoms with van der Waals surface area (Å²) in [7, 11) is 0. The Morgan fingerprint density at radius 2 is 2.05 bits per heavy atom. The monoisotopic (exact) mass is 414 g/mol. The first-order chi connectivity index (χ1) is 8.56. The third kappa shape index (κ3) is 3.97. The Morgan fingerprint density at radius 1 is 1.42 bits per heavy atom. The molecule has 3 nitrogen and oxygen atoms in total. The van der Waals surface area contributed by atoms with E-state index in [1.165, 1.54) is 0 Å². The molecule has 0 heterocycles. The fourth-order valence-electron chi connectivity index (χ4n) is 2.38. The molecule has 1 fully saturated rings. The van der Waals surface area contributed by atoms with Gasteiger partial charge in [-0.05, 0) is 53.6 Å². The van der Waals surface area contributed by atoms with Gasteiger partial charge in [0.1, 0.15) is 0 Å². The highest BCUT2D eigenvalue weighted by atomic mass is 127. The Morgan fingerprint density at radius 3 is 2.58 bits per heavy atom. The van der Waals surface area contributed by atoms with Gasteiger partial charge in [0.05, 0.1) is 10.6 Å². The van der Waals surface area contributed by atoms with Crippen LogP contribution in [-0.4, -0.2) is 18.0 Å². The molecule has 0 aromatic heterocycles. The van der Waals surface area contributed by atoms with E-state index in [-0.39, 0.29) is 23.9 Å². The predicted molar refractivity (Wildman–Crippen MR) is 89.1 cm³/mol. The molecule has 1 amide bonds. The average molecular weight is 415 g/mol. The van der Waals surface area contributed by atoms with Crippen molar-refractivity contribution in [3.8, 4) is 0 Å². The molecule has 1 aliphatic carbocycles. The molecular weight excluding hydrogens is 398 g/mol. The van der Waals surface area contributed by atoms with E-state index in [0.29, 0.717) is 17.1 Å². The summed E-state index contributed by atoms with van der Waals surface area (Å²) in [5.41, 5.74) is 6.19. The third-order valence-electron chi connectivity index (χ3n) is 3.51. The van der Waals surface area contributed by atoms with Crippen LogP contribution in [0.4, 0.5) is 0 Å². The molecule has 3 N–H and O–H groups in total. The van der Waals surface area contributed by atoms with Gasteiger partial charge in [0.15, 0.2) is 0 Å². The zero-order valence-corrected chi connectivity index (χ0v) is 14.1. The number of hydrogen-bond donors (Lipinski definition) is 2. The summed E-state index contributed by atoms with van der Waals surface area (Å²) in [6.45, 7) is 0.497. The first-order valence-electron chi connectivity index (χ1n) is 6.04. The Hall–Kier alpha value is -0.0400. The van der Waals surface area contributed by atoms with Gasteiger partial charge in [-0.3, -0.25) is 4.79 Å². The Balaban J connectivity index is 0.00000180. The molecule has 0 spiro atoms. The van der Waals surface area contributed by atoms with Crippen molar-refractivity contribution in [2.24, 2.45) is 5.73 Å². The zero-order valence-electron chi connectivity index (χ0n) is 10.4. The van der Waals surface area contributed by atoms with Crippen molar-refractivity contribution in [1.29, 1.82) is 0 Å². The van der Waals surface area contributed by atoms with Crippen molar-refractivity contribution < 1.29 is 4.79 Å². The lowest BCUT2D eigenvalue weighted by atomic mass is 9.97. The first kappa shape index (κ1) is 17.0. The number of amides is 1. The Kier molecular flexibility index (Phi) is 6.36. The lowest BCUT2D eigenvalue weighted by Crippen LogP contribution is -2.51. The summed E-state index contributed by atoms with van der Waals surface area (Å²) >= 11 is 8.17. The van der Waals surface area contributed by atoms with Gasteiger partial charge in [-0.15, -0.1) is 12.4 Å². The first-order valence-corrected chi connectivity index (χ1v) is 7.50. The number of nitrogens with one attached hydrogen (secondary N) is 1. The smallest absolute Gasteiger partial charge is 0.251 e. The van der Waals surface area contributed by atoms with E-state index < -0.39 is 0 Å². The van der Waals surface area contributed by atoms with Crippen molar-refractivity contribution in [1.82, 2.24) is 5.32 Å². The van der Waals surface area contributed by atoms with Crippen molar-refractivity contribution in [2.75, 3.05) is 6.54 Å². The highest BCUT2D eigenvalue weighted by Gasteiger charge is 2.34. The molecule has 106 valence electrons. The summed E-state index contributed by atoms with van der Waals surface area (Å²) < 4.78 is 0.945. The lowest BCUT2D eigenvalue weighted by Gasteiger charge is -2.28. The topological polar surface area (TPSA) is 55.1 Å². The number of carbonyl (C=O) groups excluding carboxylic acids is 1. The van der Waals surface area contributed by atoms with Crippen LogP contribution in [0.3, 0.4) is 0 Å². The van der Waals surface area contributed by atoms with E-state index in [1.54, 1.807) is 12.1 Å². The maximum absolute atomic E-state index is 12.2. The van der Waals surface area contributed by atoms with Crippen LogP contribution >= 0.6 is 46.6 Å². The van der Waals surface area contributed by atoms with Crippen LogP contribution in [0.5, 0.6) is 0 Å². The van der Waals surface area contributed by atoms with Crippen molar-refractivity contribution in [2.45, 2.75) is 31.2 Å². The minimum absolute atomic E-state index is 0. The second kappa shape index (κ2) is 7.11. The molecule has 2 rings (SSSR count). The fourth-order valence-corrected chi connectivity index (χ4v) is 2.90. The Labute approximate surface area is 138 Å². The van der Waals surface area contributed by atoms with Gasteiger partial charge in [0, 0.05) is 15.7 Å². The van der Waals surface area contributed by atoms with Crippen LogP contribution in [0.2, 0.25) is 5.02 Å². The van der Waals surface area contributed by atoms with Gasteiger partial charge < -0.3 is 11.1 Å². The highest BCUT2D eigenvalue weighted by Crippen LogP contribution is 2.29. The second-order valence-electron chi connectivity index (χ2n) is 4.77. The Bertz CT molecular complexity index is 462. The summed E-state index contributed by atoms with van der Waals surface area (Å²) in [5.74, 6) is -0.0827. The average Bonchev–Trinajstić information content (AvgIpc) is 2.82. The lowest BCUT2D eigenvalue weighted by molar-refractivity contribution is 0.0903. The van der Waals surface area contributed by atoms with Crippen LogP contribution in [-0.2, 0) is 0 Å². The van der Waals surface area contributed by atoms with Crippen LogP contribution in [0.1, 0.15) is 36.0 Å². The molecule has 0 aliphatic heterocycles. The minimum Gasteiger partial charge on any atom is -0.345 e. The van der Waals surface area contributed by atoms with Crippen molar-refractivity contribution in [3.05, 3.63) is 32.4 Å². The molecule has 0 bridgehead atoms. The second-order valence-corrected chi connectivity index (χ2v) is 6.34. The van der Waals surface area contributed by atoms with E-state index in [2.05, 4.69) is 27.9 Å². The normalized spacial score (nSPS) is 16.8. The number of carbonyl (C=O) groups is 1. The molecule has 1 aromatic rings. The third-order valence-corrected chi connectivity index (χ3v) is 5.08. The number of rotatable bonds is 3. The SMILES string of the molecule is Cl.NCC1(NC(=O)c2ccc(I)c(Cl)c2)CCCC1. The molecule has 1 aromatic carbocycles. The molecule has 6 heteroatoms. The number of halogens is 3. The zero-order chi connectivity index (χ0) is 13.2. The van der Waals surface area contributed by atoms with Gasteiger partial charge in [-0.1, -0.05) is 24.4 Å². The van der Waals surface area contributed by atoms with Gasteiger partial charge in [-0.2, -0.15) is 0 Å². The molecule has 1 saturated carbocycles. The number of nitrogens with two attached hydrogens (primary N) is 1. The number of benzene rings is 1. The largest absolute Gasteiger partial charge is 0.345 e. The molecule has 0 saturated heterocycles.